The van der Waals surface area contributed by atoms with Crippen molar-refractivity contribution < 1.29 is 24.6 Å². The van der Waals surface area contributed by atoms with Crippen LogP contribution < -0.4 is 16.0 Å². The summed E-state index contributed by atoms with van der Waals surface area (Å²) < 4.78 is 0. The van der Waals surface area contributed by atoms with Crippen LogP contribution in [0.25, 0.3) is 0 Å². The number of likely N-dealkylation sites (N-methyl/N-ethyl adjacent to an activating group) is 1. The van der Waals surface area contributed by atoms with E-state index in [0.29, 0.717) is 17.5 Å². The minimum absolute atomic E-state index is 0.139. The second-order valence-corrected chi connectivity index (χ2v) is 11.8. The third kappa shape index (κ3) is 4.84. The van der Waals surface area contributed by atoms with Crippen molar-refractivity contribution in [1.29, 1.82) is 0 Å². The summed E-state index contributed by atoms with van der Waals surface area (Å²) >= 11 is 0. The molecule has 3 aliphatic rings. The van der Waals surface area contributed by atoms with Crippen molar-refractivity contribution in [3.63, 3.8) is 0 Å². The monoisotopic (exact) mass is 534 g/mol. The molecule has 9 heteroatoms. The Morgan fingerprint density at radius 3 is 2.49 bits per heavy atom. The highest BCUT2D eigenvalue weighted by Crippen LogP contribution is 2.51. The average Bonchev–Trinajstić information content (AvgIpc) is 3.15. The zero-order chi connectivity index (χ0) is 28.1. The Kier molecular flexibility index (Phi) is 7.05. The lowest BCUT2D eigenvalue weighted by molar-refractivity contribution is -0.145. The van der Waals surface area contributed by atoms with Gasteiger partial charge in [0.2, 0.25) is 17.7 Å². The first-order valence-corrected chi connectivity index (χ1v) is 13.7. The fourth-order valence-corrected chi connectivity index (χ4v) is 6.59. The summed E-state index contributed by atoms with van der Waals surface area (Å²) in [7, 11) is 1.66. The van der Waals surface area contributed by atoms with Crippen molar-refractivity contribution in [3.8, 4) is 11.5 Å². The Balaban J connectivity index is 1.53. The fraction of sp³-hybridized carbons (Fsp3) is 0.500. The van der Waals surface area contributed by atoms with Crippen molar-refractivity contribution in [2.24, 2.45) is 5.41 Å². The van der Waals surface area contributed by atoms with Crippen LogP contribution in [0.1, 0.15) is 74.4 Å². The van der Waals surface area contributed by atoms with Crippen LogP contribution in [0.15, 0.2) is 36.4 Å². The van der Waals surface area contributed by atoms with Crippen LogP contribution in [0, 0.1) is 5.41 Å². The zero-order valence-corrected chi connectivity index (χ0v) is 23.0. The van der Waals surface area contributed by atoms with Crippen molar-refractivity contribution in [2.75, 3.05) is 7.05 Å². The summed E-state index contributed by atoms with van der Waals surface area (Å²) in [6.45, 7) is 5.66. The number of nitrogens with zero attached hydrogens (tertiary/aromatic N) is 1. The average molecular weight is 535 g/mol. The molecular weight excluding hydrogens is 496 g/mol. The minimum Gasteiger partial charge on any atom is -0.504 e. The SMILES string of the molecule is CN[C@@H](C)C(=O)N[C@H]1Cc2cc(O)c(O)cc2[C@H]2CC(C)(C)C(C(=O)N[C@@H]3CCCc4ccccc43)N2C1=O. The van der Waals surface area contributed by atoms with Gasteiger partial charge in [-0.25, -0.2) is 0 Å². The Bertz CT molecular complexity index is 1310. The molecule has 2 aliphatic heterocycles. The van der Waals surface area contributed by atoms with Gasteiger partial charge in [0.05, 0.1) is 18.1 Å². The third-order valence-electron chi connectivity index (χ3n) is 8.72. The van der Waals surface area contributed by atoms with Crippen LogP contribution in [0.2, 0.25) is 0 Å². The second-order valence-electron chi connectivity index (χ2n) is 11.8. The minimum atomic E-state index is -0.930. The van der Waals surface area contributed by atoms with Gasteiger partial charge in [-0.1, -0.05) is 38.1 Å². The molecular formula is C30H38N4O5. The summed E-state index contributed by atoms with van der Waals surface area (Å²) in [6, 6.07) is 8.22. The van der Waals surface area contributed by atoms with Crippen molar-refractivity contribution in [1.82, 2.24) is 20.9 Å². The molecule has 1 fully saturated rings. The molecule has 1 unspecified atom stereocenters. The largest absolute Gasteiger partial charge is 0.504 e. The quantitative estimate of drug-likeness (QED) is 0.375. The van der Waals surface area contributed by atoms with E-state index in [1.807, 2.05) is 26.0 Å². The van der Waals surface area contributed by atoms with Crippen LogP contribution in [0.4, 0.5) is 0 Å². The summed E-state index contributed by atoms with van der Waals surface area (Å²) in [6.07, 6.45) is 3.40. The number of hydrogen-bond donors (Lipinski definition) is 5. The summed E-state index contributed by atoms with van der Waals surface area (Å²) in [5.74, 6) is -1.47. The fourth-order valence-electron chi connectivity index (χ4n) is 6.59. The van der Waals surface area contributed by atoms with Crippen LogP contribution >= 0.6 is 0 Å². The number of aryl methyl sites for hydroxylation is 1. The van der Waals surface area contributed by atoms with E-state index in [1.165, 1.54) is 17.7 Å². The molecule has 0 saturated carbocycles. The number of aromatic hydroxyl groups is 2. The van der Waals surface area contributed by atoms with E-state index < -0.39 is 29.6 Å². The van der Waals surface area contributed by atoms with Crippen LogP contribution in [0.5, 0.6) is 11.5 Å². The molecule has 208 valence electrons. The molecule has 5 rings (SSSR count). The highest BCUT2D eigenvalue weighted by atomic mass is 16.3. The van der Waals surface area contributed by atoms with E-state index in [9.17, 15) is 24.6 Å². The van der Waals surface area contributed by atoms with Gasteiger partial charge in [-0.05, 0) is 79.5 Å². The Hall–Kier alpha value is -3.59. The summed E-state index contributed by atoms with van der Waals surface area (Å²) in [4.78, 5) is 42.7. The molecule has 0 radical (unpaired) electrons. The lowest BCUT2D eigenvalue weighted by Crippen LogP contribution is -2.57. The van der Waals surface area contributed by atoms with E-state index in [4.69, 9.17) is 0 Å². The maximum absolute atomic E-state index is 14.2. The van der Waals surface area contributed by atoms with E-state index in [1.54, 1.807) is 18.9 Å². The zero-order valence-electron chi connectivity index (χ0n) is 23.0. The molecule has 39 heavy (non-hydrogen) atoms. The first-order chi connectivity index (χ1) is 18.5. The number of hydrogen-bond acceptors (Lipinski definition) is 6. The van der Waals surface area contributed by atoms with Gasteiger partial charge < -0.3 is 31.1 Å². The van der Waals surface area contributed by atoms with Gasteiger partial charge in [-0.2, -0.15) is 0 Å². The molecule has 9 nitrogen and oxygen atoms in total. The van der Waals surface area contributed by atoms with E-state index in [0.717, 1.165) is 24.8 Å². The number of phenolic OH excluding ortho intramolecular Hbond substituents is 2. The predicted molar refractivity (Wildman–Crippen MR) is 146 cm³/mol. The normalized spacial score (nSPS) is 26.1. The Morgan fingerprint density at radius 2 is 1.74 bits per heavy atom. The van der Waals surface area contributed by atoms with Gasteiger partial charge in [0, 0.05) is 6.42 Å². The first kappa shape index (κ1) is 27.0. The second kappa shape index (κ2) is 10.2. The third-order valence-corrected chi connectivity index (χ3v) is 8.72. The number of rotatable bonds is 5. The number of carbonyl (C=O) groups excluding carboxylic acids is 3. The summed E-state index contributed by atoms with van der Waals surface area (Å²) in [5.41, 5.74) is 3.10. The van der Waals surface area contributed by atoms with Gasteiger partial charge >= 0.3 is 0 Å². The molecule has 5 atom stereocenters. The van der Waals surface area contributed by atoms with Gasteiger partial charge in [-0.3, -0.25) is 14.4 Å². The number of nitrogens with one attached hydrogen (secondary N) is 3. The topological polar surface area (TPSA) is 131 Å². The number of benzene rings is 2. The van der Waals surface area contributed by atoms with Gasteiger partial charge in [-0.15, -0.1) is 0 Å². The van der Waals surface area contributed by atoms with Crippen molar-refractivity contribution in [2.45, 2.75) is 83.1 Å². The molecule has 2 aromatic rings. The standard InChI is InChI=1S/C30H38N4O5/c1-16(31-4)27(37)33-22-12-18-13-24(35)25(36)14-20(18)23-15-30(2,3)26(34(23)29(22)39)28(38)32-21-11-7-9-17-8-5-6-10-19(17)21/h5-6,8,10,13-14,16,21-23,26,31,35-36H,7,9,11-12,15H2,1-4H3,(H,32,38)(H,33,37)/t16-,21+,22-,23+,26?/m0/s1. The van der Waals surface area contributed by atoms with Crippen LogP contribution in [-0.2, 0) is 27.2 Å². The van der Waals surface area contributed by atoms with Crippen molar-refractivity contribution in [3.05, 3.63) is 58.7 Å². The Morgan fingerprint density at radius 1 is 1.03 bits per heavy atom. The molecule has 1 aliphatic carbocycles. The molecule has 1 saturated heterocycles. The highest BCUT2D eigenvalue weighted by Gasteiger charge is 2.55. The number of phenols is 2. The molecule has 0 aromatic heterocycles. The highest BCUT2D eigenvalue weighted by molar-refractivity contribution is 5.95. The molecule has 0 bridgehead atoms. The van der Waals surface area contributed by atoms with E-state index >= 15 is 0 Å². The number of amides is 3. The molecule has 5 N–H and O–H groups in total. The van der Waals surface area contributed by atoms with Crippen molar-refractivity contribution >= 4 is 17.7 Å². The summed E-state index contributed by atoms with van der Waals surface area (Å²) in [5, 5.41) is 29.6. The van der Waals surface area contributed by atoms with Crippen LogP contribution in [0.3, 0.4) is 0 Å². The van der Waals surface area contributed by atoms with Gasteiger partial charge in [0.25, 0.3) is 0 Å². The predicted octanol–water partition coefficient (Wildman–Crippen LogP) is 2.61. The van der Waals surface area contributed by atoms with E-state index in [2.05, 4.69) is 28.1 Å². The number of carbonyl (C=O) groups is 3. The maximum Gasteiger partial charge on any atom is 0.246 e. The van der Waals surface area contributed by atoms with E-state index in [-0.39, 0.29) is 41.7 Å². The molecule has 2 aromatic carbocycles. The van der Waals surface area contributed by atoms with Gasteiger partial charge in [0.1, 0.15) is 12.1 Å². The molecule has 3 amide bonds. The lowest BCUT2D eigenvalue weighted by atomic mass is 9.80. The Labute approximate surface area is 229 Å². The molecule has 0 spiro atoms. The lowest BCUT2D eigenvalue weighted by Gasteiger charge is -2.36. The smallest absolute Gasteiger partial charge is 0.246 e. The maximum atomic E-state index is 14.2. The number of fused-ring (bicyclic) bond motifs is 4. The molecule has 2 heterocycles. The van der Waals surface area contributed by atoms with Gasteiger partial charge in [0.15, 0.2) is 11.5 Å². The first-order valence-electron chi connectivity index (χ1n) is 13.7. The van der Waals surface area contributed by atoms with Crippen LogP contribution in [-0.4, -0.2) is 58.0 Å².